The van der Waals surface area contributed by atoms with Gasteiger partial charge in [0.05, 0.1) is 0 Å². The van der Waals surface area contributed by atoms with Crippen LogP contribution in [0.15, 0.2) is 0 Å². The van der Waals surface area contributed by atoms with Crippen LogP contribution in [0.2, 0.25) is 0 Å². The van der Waals surface area contributed by atoms with E-state index in [1.54, 1.807) is 0 Å². The Morgan fingerprint density at radius 2 is 1.78 bits per heavy atom. The zero-order valence-corrected chi connectivity index (χ0v) is 11.6. The lowest BCUT2D eigenvalue weighted by Crippen LogP contribution is -2.51. The topological polar surface area (TPSA) is 49.6 Å². The number of urea groups is 1. The predicted octanol–water partition coefficient (Wildman–Crippen LogP) is 2.18. The number of hydrogen-bond donors (Lipinski definition) is 1. The molecule has 1 heterocycles. The van der Waals surface area contributed by atoms with E-state index in [0.717, 1.165) is 45.3 Å². The van der Waals surface area contributed by atoms with Crippen molar-refractivity contribution in [3.8, 4) is 0 Å². The number of hydrogen-bond acceptors (Lipinski definition) is 2. The van der Waals surface area contributed by atoms with Crippen LogP contribution in [0.5, 0.6) is 0 Å². The standard InChI is InChI=1S/C14H27N3O/c1-2-17(13-8-6-12(15)7-9-13)14(18)16-10-4-3-5-11-16/h12-13H,2-11,15H2,1H3. The van der Waals surface area contributed by atoms with Crippen LogP contribution in [-0.4, -0.2) is 47.5 Å². The summed E-state index contributed by atoms with van der Waals surface area (Å²) >= 11 is 0. The fourth-order valence-electron chi connectivity index (χ4n) is 3.23. The fraction of sp³-hybridized carbons (Fsp3) is 0.929. The van der Waals surface area contributed by atoms with E-state index in [0.29, 0.717) is 12.1 Å². The van der Waals surface area contributed by atoms with E-state index in [-0.39, 0.29) is 6.03 Å². The fourth-order valence-corrected chi connectivity index (χ4v) is 3.23. The molecular formula is C14H27N3O. The molecule has 2 rings (SSSR count). The molecule has 0 aromatic heterocycles. The molecular weight excluding hydrogens is 226 g/mol. The first kappa shape index (κ1) is 13.7. The third-order valence-electron chi connectivity index (χ3n) is 4.40. The SMILES string of the molecule is CCN(C(=O)N1CCCCC1)C1CCC(N)CC1. The lowest BCUT2D eigenvalue weighted by Gasteiger charge is -2.39. The number of piperidine rings is 1. The van der Waals surface area contributed by atoms with Gasteiger partial charge in [-0.2, -0.15) is 0 Å². The molecule has 4 nitrogen and oxygen atoms in total. The van der Waals surface area contributed by atoms with Gasteiger partial charge in [-0.1, -0.05) is 0 Å². The Hall–Kier alpha value is -0.770. The zero-order valence-electron chi connectivity index (χ0n) is 11.6. The van der Waals surface area contributed by atoms with E-state index < -0.39 is 0 Å². The molecule has 0 aromatic rings. The highest BCUT2D eigenvalue weighted by Gasteiger charge is 2.29. The molecule has 1 aliphatic heterocycles. The summed E-state index contributed by atoms with van der Waals surface area (Å²) < 4.78 is 0. The summed E-state index contributed by atoms with van der Waals surface area (Å²) in [5.74, 6) is 0. The van der Waals surface area contributed by atoms with E-state index >= 15 is 0 Å². The van der Waals surface area contributed by atoms with Crippen molar-refractivity contribution >= 4 is 6.03 Å². The molecule has 0 radical (unpaired) electrons. The molecule has 2 N–H and O–H groups in total. The van der Waals surface area contributed by atoms with Gasteiger partial charge in [0.15, 0.2) is 0 Å². The number of carbonyl (C=O) groups excluding carboxylic acids is 1. The monoisotopic (exact) mass is 253 g/mol. The van der Waals surface area contributed by atoms with Crippen molar-refractivity contribution in [3.63, 3.8) is 0 Å². The van der Waals surface area contributed by atoms with Crippen LogP contribution in [-0.2, 0) is 0 Å². The summed E-state index contributed by atoms with van der Waals surface area (Å²) in [7, 11) is 0. The highest BCUT2D eigenvalue weighted by Crippen LogP contribution is 2.23. The molecule has 0 spiro atoms. The van der Waals surface area contributed by atoms with Gasteiger partial charge in [-0.25, -0.2) is 4.79 Å². The smallest absolute Gasteiger partial charge is 0.320 e. The number of nitrogens with two attached hydrogens (primary N) is 1. The van der Waals surface area contributed by atoms with E-state index in [1.807, 2.05) is 4.90 Å². The predicted molar refractivity (Wildman–Crippen MR) is 73.4 cm³/mol. The minimum Gasteiger partial charge on any atom is -0.328 e. The van der Waals surface area contributed by atoms with Gasteiger partial charge < -0.3 is 15.5 Å². The molecule has 0 aromatic carbocycles. The van der Waals surface area contributed by atoms with E-state index in [4.69, 9.17) is 5.73 Å². The van der Waals surface area contributed by atoms with Crippen LogP contribution in [0.4, 0.5) is 4.79 Å². The molecule has 0 unspecified atom stereocenters. The first-order chi connectivity index (χ1) is 8.72. The summed E-state index contributed by atoms with van der Waals surface area (Å²) in [6.45, 7) is 4.81. The molecule has 104 valence electrons. The van der Waals surface area contributed by atoms with E-state index in [9.17, 15) is 4.79 Å². The zero-order chi connectivity index (χ0) is 13.0. The highest BCUT2D eigenvalue weighted by molar-refractivity contribution is 5.74. The molecule has 2 aliphatic rings. The van der Waals surface area contributed by atoms with Crippen LogP contribution in [0, 0.1) is 0 Å². The third kappa shape index (κ3) is 3.16. The van der Waals surface area contributed by atoms with Crippen molar-refractivity contribution in [1.82, 2.24) is 9.80 Å². The van der Waals surface area contributed by atoms with Crippen molar-refractivity contribution in [2.45, 2.75) is 64.0 Å². The highest BCUT2D eigenvalue weighted by atomic mass is 16.2. The molecule has 0 bridgehead atoms. The number of rotatable bonds is 2. The van der Waals surface area contributed by atoms with Crippen LogP contribution < -0.4 is 5.73 Å². The minimum atomic E-state index is 0.262. The maximum Gasteiger partial charge on any atom is 0.320 e. The van der Waals surface area contributed by atoms with Gasteiger partial charge in [-0.15, -0.1) is 0 Å². The molecule has 2 amide bonds. The number of nitrogens with zero attached hydrogens (tertiary/aromatic N) is 2. The Morgan fingerprint density at radius 3 is 2.33 bits per heavy atom. The number of carbonyl (C=O) groups is 1. The van der Waals surface area contributed by atoms with Gasteiger partial charge in [0, 0.05) is 31.7 Å². The Morgan fingerprint density at radius 1 is 1.17 bits per heavy atom. The van der Waals surface area contributed by atoms with Crippen molar-refractivity contribution in [2.24, 2.45) is 5.73 Å². The Labute approximate surface area is 110 Å². The third-order valence-corrected chi connectivity index (χ3v) is 4.40. The van der Waals surface area contributed by atoms with Crippen LogP contribution >= 0.6 is 0 Å². The largest absolute Gasteiger partial charge is 0.328 e. The average Bonchev–Trinajstić information content (AvgIpc) is 2.42. The average molecular weight is 253 g/mol. The Kier molecular flexibility index (Phi) is 4.87. The van der Waals surface area contributed by atoms with E-state index in [2.05, 4.69) is 11.8 Å². The van der Waals surface area contributed by atoms with Crippen LogP contribution in [0.1, 0.15) is 51.9 Å². The molecule has 18 heavy (non-hydrogen) atoms. The molecule has 1 saturated heterocycles. The second-order valence-electron chi connectivity index (χ2n) is 5.68. The van der Waals surface area contributed by atoms with Crippen LogP contribution in [0.25, 0.3) is 0 Å². The van der Waals surface area contributed by atoms with Crippen molar-refractivity contribution < 1.29 is 4.79 Å². The minimum absolute atomic E-state index is 0.262. The lowest BCUT2D eigenvalue weighted by atomic mass is 9.91. The Bertz CT molecular complexity index is 268. The van der Waals surface area contributed by atoms with Crippen molar-refractivity contribution in [1.29, 1.82) is 0 Å². The lowest BCUT2D eigenvalue weighted by molar-refractivity contribution is 0.114. The summed E-state index contributed by atoms with van der Waals surface area (Å²) in [5.41, 5.74) is 5.94. The maximum atomic E-state index is 12.5. The normalized spacial score (nSPS) is 29.1. The maximum absolute atomic E-state index is 12.5. The van der Waals surface area contributed by atoms with Gasteiger partial charge in [0.2, 0.25) is 0 Å². The molecule has 4 heteroatoms. The van der Waals surface area contributed by atoms with Crippen molar-refractivity contribution in [2.75, 3.05) is 19.6 Å². The first-order valence-corrected chi connectivity index (χ1v) is 7.53. The molecule has 0 atom stereocenters. The van der Waals surface area contributed by atoms with Crippen molar-refractivity contribution in [3.05, 3.63) is 0 Å². The van der Waals surface area contributed by atoms with Gasteiger partial charge in [0.1, 0.15) is 0 Å². The second kappa shape index (κ2) is 6.41. The summed E-state index contributed by atoms with van der Waals surface area (Å²) in [4.78, 5) is 16.7. The van der Waals surface area contributed by atoms with Gasteiger partial charge >= 0.3 is 6.03 Å². The van der Waals surface area contributed by atoms with E-state index in [1.165, 1.54) is 19.3 Å². The molecule has 1 saturated carbocycles. The van der Waals surface area contributed by atoms with Crippen LogP contribution in [0.3, 0.4) is 0 Å². The summed E-state index contributed by atoms with van der Waals surface area (Å²) in [6.07, 6.45) is 7.89. The van der Waals surface area contributed by atoms with Gasteiger partial charge in [-0.3, -0.25) is 0 Å². The second-order valence-corrected chi connectivity index (χ2v) is 5.68. The Balaban J connectivity index is 1.92. The molecule has 2 fully saturated rings. The number of amides is 2. The molecule has 1 aliphatic carbocycles. The van der Waals surface area contributed by atoms with Gasteiger partial charge in [0.25, 0.3) is 0 Å². The number of likely N-dealkylation sites (tertiary alicyclic amines) is 1. The summed E-state index contributed by atoms with van der Waals surface area (Å²) in [6, 6.07) is 1.03. The quantitative estimate of drug-likeness (QED) is 0.820. The first-order valence-electron chi connectivity index (χ1n) is 7.53. The summed E-state index contributed by atoms with van der Waals surface area (Å²) in [5, 5.41) is 0. The van der Waals surface area contributed by atoms with Gasteiger partial charge in [-0.05, 0) is 51.9 Å².